The van der Waals surface area contributed by atoms with Crippen molar-refractivity contribution in [2.24, 2.45) is 11.8 Å². The highest BCUT2D eigenvalue weighted by Gasteiger charge is 2.21. The minimum absolute atomic E-state index is 0.0142. The number of rotatable bonds is 10. The standard InChI is InChI=1S/C23H30N2O5S/c1-15(2)13-25(14-16(3)4)22-11-8-19(12-21(22)23(27)28)24-31(29,30)20-9-6-18(7-10-20)17(5)26/h6-12,15-16,24H,13-14H2,1-5H3,(H,27,28). The van der Waals surface area contributed by atoms with Crippen LogP contribution in [0.25, 0.3) is 0 Å². The van der Waals surface area contributed by atoms with Crippen LogP contribution in [0.15, 0.2) is 47.4 Å². The zero-order chi connectivity index (χ0) is 23.3. The average molecular weight is 447 g/mol. The molecule has 0 fully saturated rings. The number of carbonyl (C=O) groups excluding carboxylic acids is 1. The number of anilines is 2. The SMILES string of the molecule is CC(=O)c1ccc(S(=O)(=O)Nc2ccc(N(CC(C)C)CC(C)C)c(C(=O)O)c2)cc1. The van der Waals surface area contributed by atoms with Crippen LogP contribution < -0.4 is 9.62 Å². The number of Topliss-reactive ketones (excluding diaryl/α,β-unsaturated/α-hetero) is 1. The Bertz CT molecular complexity index is 1030. The highest BCUT2D eigenvalue weighted by molar-refractivity contribution is 7.92. The second-order valence-electron chi connectivity index (χ2n) is 8.42. The third-order valence-corrected chi connectivity index (χ3v) is 5.96. The van der Waals surface area contributed by atoms with Gasteiger partial charge in [-0.15, -0.1) is 0 Å². The summed E-state index contributed by atoms with van der Waals surface area (Å²) in [5.74, 6) is -0.626. The number of hydrogen-bond donors (Lipinski definition) is 2. The number of carboxylic acids is 1. The summed E-state index contributed by atoms with van der Waals surface area (Å²) in [7, 11) is -3.94. The van der Waals surface area contributed by atoms with Gasteiger partial charge in [-0.2, -0.15) is 0 Å². The van der Waals surface area contributed by atoms with Crippen molar-refractivity contribution in [2.45, 2.75) is 39.5 Å². The molecule has 0 heterocycles. The molecule has 2 aromatic carbocycles. The second kappa shape index (κ2) is 9.96. The van der Waals surface area contributed by atoms with Gasteiger partial charge in [-0.05, 0) is 49.1 Å². The molecule has 0 bridgehead atoms. The van der Waals surface area contributed by atoms with E-state index in [0.717, 1.165) is 0 Å². The van der Waals surface area contributed by atoms with Crippen molar-refractivity contribution in [3.05, 3.63) is 53.6 Å². The minimum Gasteiger partial charge on any atom is -0.478 e. The van der Waals surface area contributed by atoms with Gasteiger partial charge in [0.05, 0.1) is 16.1 Å². The van der Waals surface area contributed by atoms with E-state index in [4.69, 9.17) is 0 Å². The lowest BCUT2D eigenvalue weighted by Crippen LogP contribution is -2.32. The Morgan fingerprint density at radius 3 is 1.97 bits per heavy atom. The summed E-state index contributed by atoms with van der Waals surface area (Å²) in [6.07, 6.45) is 0. The Labute approximate surface area is 184 Å². The molecule has 7 nitrogen and oxygen atoms in total. The van der Waals surface area contributed by atoms with E-state index < -0.39 is 16.0 Å². The van der Waals surface area contributed by atoms with Crippen LogP contribution in [0.1, 0.15) is 55.3 Å². The van der Waals surface area contributed by atoms with Crippen molar-refractivity contribution in [1.82, 2.24) is 0 Å². The zero-order valence-corrected chi connectivity index (χ0v) is 19.4. The van der Waals surface area contributed by atoms with Crippen molar-refractivity contribution in [3.8, 4) is 0 Å². The molecule has 0 saturated heterocycles. The maximum absolute atomic E-state index is 12.7. The number of ketones is 1. The van der Waals surface area contributed by atoms with Gasteiger partial charge in [0.25, 0.3) is 10.0 Å². The van der Waals surface area contributed by atoms with Crippen molar-refractivity contribution in [2.75, 3.05) is 22.7 Å². The molecule has 0 amide bonds. The van der Waals surface area contributed by atoms with E-state index in [9.17, 15) is 23.1 Å². The summed E-state index contributed by atoms with van der Waals surface area (Å²) < 4.78 is 27.9. The van der Waals surface area contributed by atoms with Gasteiger partial charge in [0, 0.05) is 24.3 Å². The molecule has 2 aromatic rings. The Morgan fingerprint density at radius 1 is 0.968 bits per heavy atom. The molecule has 0 saturated carbocycles. The summed E-state index contributed by atoms with van der Waals surface area (Å²) in [4.78, 5) is 25.4. The van der Waals surface area contributed by atoms with Crippen LogP contribution in [-0.2, 0) is 10.0 Å². The summed E-state index contributed by atoms with van der Waals surface area (Å²) in [5.41, 5.74) is 1.16. The Hall–Kier alpha value is -2.87. The lowest BCUT2D eigenvalue weighted by atomic mass is 10.1. The largest absolute Gasteiger partial charge is 0.478 e. The lowest BCUT2D eigenvalue weighted by molar-refractivity contribution is 0.0697. The molecule has 31 heavy (non-hydrogen) atoms. The number of carbonyl (C=O) groups is 2. The molecule has 0 aliphatic carbocycles. The van der Waals surface area contributed by atoms with Crippen LogP contribution in [0.4, 0.5) is 11.4 Å². The van der Waals surface area contributed by atoms with Gasteiger partial charge >= 0.3 is 5.97 Å². The smallest absolute Gasteiger partial charge is 0.337 e. The molecule has 2 rings (SSSR count). The summed E-state index contributed by atoms with van der Waals surface area (Å²) >= 11 is 0. The fourth-order valence-electron chi connectivity index (χ4n) is 3.28. The third-order valence-electron chi connectivity index (χ3n) is 4.56. The van der Waals surface area contributed by atoms with Gasteiger partial charge in [0.15, 0.2) is 5.78 Å². The molecule has 2 N–H and O–H groups in total. The first-order valence-corrected chi connectivity index (χ1v) is 11.6. The van der Waals surface area contributed by atoms with Crippen molar-refractivity contribution in [3.63, 3.8) is 0 Å². The van der Waals surface area contributed by atoms with Gasteiger partial charge in [-0.3, -0.25) is 9.52 Å². The molecule has 0 aromatic heterocycles. The van der Waals surface area contributed by atoms with Gasteiger partial charge in [0.2, 0.25) is 0 Å². The van der Waals surface area contributed by atoms with Crippen LogP contribution in [0.3, 0.4) is 0 Å². The highest BCUT2D eigenvalue weighted by atomic mass is 32.2. The quantitative estimate of drug-likeness (QED) is 0.521. The van der Waals surface area contributed by atoms with Crippen LogP contribution >= 0.6 is 0 Å². The monoisotopic (exact) mass is 446 g/mol. The van der Waals surface area contributed by atoms with Crippen LogP contribution in [-0.4, -0.2) is 38.4 Å². The van der Waals surface area contributed by atoms with E-state index in [1.54, 1.807) is 12.1 Å². The van der Waals surface area contributed by atoms with Crippen molar-refractivity contribution < 1.29 is 23.1 Å². The fourth-order valence-corrected chi connectivity index (χ4v) is 4.33. The average Bonchev–Trinajstić information content (AvgIpc) is 2.66. The second-order valence-corrected chi connectivity index (χ2v) is 10.1. The number of aromatic carboxylic acids is 1. The first-order chi connectivity index (χ1) is 14.4. The first-order valence-electron chi connectivity index (χ1n) is 10.2. The van der Waals surface area contributed by atoms with E-state index >= 15 is 0 Å². The molecule has 168 valence electrons. The van der Waals surface area contributed by atoms with Crippen molar-refractivity contribution in [1.29, 1.82) is 0 Å². The summed E-state index contributed by atoms with van der Waals surface area (Å²) in [6.45, 7) is 11.0. The van der Waals surface area contributed by atoms with Crippen LogP contribution in [0, 0.1) is 11.8 Å². The lowest BCUT2D eigenvalue weighted by Gasteiger charge is -2.30. The predicted octanol–water partition coefficient (Wildman–Crippen LogP) is 4.51. The van der Waals surface area contributed by atoms with Crippen molar-refractivity contribution >= 4 is 33.2 Å². The van der Waals surface area contributed by atoms with E-state index in [1.165, 1.54) is 37.3 Å². The molecule has 0 spiro atoms. The van der Waals surface area contributed by atoms with E-state index in [0.29, 0.717) is 36.2 Å². The van der Waals surface area contributed by atoms with Gasteiger partial charge in [0.1, 0.15) is 0 Å². The number of benzene rings is 2. The molecule has 0 radical (unpaired) electrons. The Kier molecular flexibility index (Phi) is 7.84. The number of hydrogen-bond acceptors (Lipinski definition) is 5. The molecule has 0 aliphatic heterocycles. The maximum atomic E-state index is 12.7. The van der Waals surface area contributed by atoms with Crippen LogP contribution in [0.2, 0.25) is 0 Å². The normalized spacial score (nSPS) is 11.6. The molecule has 0 unspecified atom stereocenters. The topological polar surface area (TPSA) is 104 Å². The first kappa shape index (κ1) is 24.4. The van der Waals surface area contributed by atoms with Gasteiger partial charge in [-0.25, -0.2) is 13.2 Å². The molecule has 0 aliphatic rings. The fraction of sp³-hybridized carbons (Fsp3) is 0.391. The van der Waals surface area contributed by atoms with E-state index in [2.05, 4.69) is 32.4 Å². The number of carboxylic acid groups (broad SMARTS) is 1. The zero-order valence-electron chi connectivity index (χ0n) is 18.5. The number of sulfonamides is 1. The summed E-state index contributed by atoms with van der Waals surface area (Å²) in [6, 6.07) is 10.1. The number of nitrogens with zero attached hydrogens (tertiary/aromatic N) is 1. The maximum Gasteiger partial charge on any atom is 0.337 e. The van der Waals surface area contributed by atoms with Gasteiger partial charge < -0.3 is 10.0 Å². The van der Waals surface area contributed by atoms with Crippen LogP contribution in [0.5, 0.6) is 0 Å². The minimum atomic E-state index is -3.94. The summed E-state index contributed by atoms with van der Waals surface area (Å²) in [5, 5.41) is 9.77. The molecular formula is C23H30N2O5S. The Balaban J connectivity index is 2.39. The van der Waals surface area contributed by atoms with Gasteiger partial charge in [-0.1, -0.05) is 39.8 Å². The predicted molar refractivity (Wildman–Crippen MR) is 123 cm³/mol. The Morgan fingerprint density at radius 2 is 1.52 bits per heavy atom. The van der Waals surface area contributed by atoms with E-state index in [1.807, 2.05) is 4.90 Å². The number of nitrogens with one attached hydrogen (secondary N) is 1. The molecular weight excluding hydrogens is 416 g/mol. The molecule has 0 atom stereocenters. The highest BCUT2D eigenvalue weighted by Crippen LogP contribution is 2.28. The third kappa shape index (κ3) is 6.55. The molecule has 8 heteroatoms. The van der Waals surface area contributed by atoms with E-state index in [-0.39, 0.29) is 21.9 Å².